The summed E-state index contributed by atoms with van der Waals surface area (Å²) in [5.74, 6) is -0.568. The number of hydrogen-bond donors (Lipinski definition) is 1. The maximum Gasteiger partial charge on any atom is 0.243 e. The third-order valence-corrected chi connectivity index (χ3v) is 7.85. The number of piperidine rings is 1. The largest absolute Gasteiger partial charge is 0.325 e. The molecular formula is C23H23ClN2O3S. The zero-order valence-corrected chi connectivity index (χ0v) is 18.2. The molecule has 7 heteroatoms. The van der Waals surface area contributed by atoms with Crippen LogP contribution in [0, 0.1) is 12.8 Å². The zero-order valence-electron chi connectivity index (χ0n) is 16.6. The number of sulfonamides is 1. The molecule has 1 unspecified atom stereocenters. The molecule has 3 aromatic carbocycles. The Hall–Kier alpha value is -2.41. The molecule has 1 aliphatic rings. The Balaban J connectivity index is 1.53. The molecule has 0 aliphatic carbocycles. The van der Waals surface area contributed by atoms with Gasteiger partial charge < -0.3 is 5.32 Å². The first kappa shape index (κ1) is 20.8. The van der Waals surface area contributed by atoms with Crippen molar-refractivity contribution in [1.82, 2.24) is 4.31 Å². The minimum Gasteiger partial charge on any atom is -0.325 e. The van der Waals surface area contributed by atoms with Crippen molar-refractivity contribution < 1.29 is 13.2 Å². The lowest BCUT2D eigenvalue weighted by molar-refractivity contribution is -0.120. The van der Waals surface area contributed by atoms with Gasteiger partial charge in [0.2, 0.25) is 15.9 Å². The molecule has 0 radical (unpaired) electrons. The molecular weight excluding hydrogens is 420 g/mol. The van der Waals surface area contributed by atoms with E-state index < -0.39 is 15.9 Å². The van der Waals surface area contributed by atoms with Gasteiger partial charge in [0.1, 0.15) is 0 Å². The Labute approximate surface area is 181 Å². The average molecular weight is 443 g/mol. The lowest BCUT2D eigenvalue weighted by atomic mass is 9.98. The smallest absolute Gasteiger partial charge is 0.243 e. The van der Waals surface area contributed by atoms with Gasteiger partial charge in [0, 0.05) is 29.2 Å². The Morgan fingerprint density at radius 2 is 1.87 bits per heavy atom. The van der Waals surface area contributed by atoms with Gasteiger partial charge in [-0.2, -0.15) is 4.31 Å². The van der Waals surface area contributed by atoms with Gasteiger partial charge in [-0.1, -0.05) is 54.1 Å². The van der Waals surface area contributed by atoms with Crippen LogP contribution in [0.1, 0.15) is 18.4 Å². The van der Waals surface area contributed by atoms with Crippen LogP contribution in [0.5, 0.6) is 0 Å². The van der Waals surface area contributed by atoms with Crippen LogP contribution in [-0.4, -0.2) is 31.7 Å². The molecule has 1 saturated heterocycles. The van der Waals surface area contributed by atoms with Crippen LogP contribution in [-0.2, 0) is 14.8 Å². The number of fused-ring (bicyclic) bond motifs is 1. The third kappa shape index (κ3) is 4.08. The number of halogens is 1. The van der Waals surface area contributed by atoms with Crippen molar-refractivity contribution in [3.63, 3.8) is 0 Å². The van der Waals surface area contributed by atoms with Crippen molar-refractivity contribution in [3.8, 4) is 0 Å². The van der Waals surface area contributed by atoms with E-state index in [-0.39, 0.29) is 17.3 Å². The number of benzene rings is 3. The summed E-state index contributed by atoms with van der Waals surface area (Å²) < 4.78 is 27.6. The number of carbonyl (C=O) groups excluding carboxylic acids is 1. The fraction of sp³-hybridized carbons (Fsp3) is 0.261. The topological polar surface area (TPSA) is 66.5 Å². The lowest BCUT2D eigenvalue weighted by Crippen LogP contribution is -2.43. The van der Waals surface area contributed by atoms with Crippen molar-refractivity contribution in [2.45, 2.75) is 24.7 Å². The fourth-order valence-corrected chi connectivity index (χ4v) is 5.62. The summed E-state index contributed by atoms with van der Waals surface area (Å²) in [5.41, 5.74) is 1.56. The Bertz CT molecular complexity index is 1200. The molecule has 1 heterocycles. The molecule has 1 aliphatic heterocycles. The van der Waals surface area contributed by atoms with Crippen molar-refractivity contribution in [1.29, 1.82) is 0 Å². The van der Waals surface area contributed by atoms with Gasteiger partial charge in [-0.05, 0) is 48.9 Å². The molecule has 0 spiro atoms. The summed E-state index contributed by atoms with van der Waals surface area (Å²) in [4.78, 5) is 13.1. The molecule has 156 valence electrons. The van der Waals surface area contributed by atoms with E-state index >= 15 is 0 Å². The van der Waals surface area contributed by atoms with Crippen LogP contribution in [0.3, 0.4) is 0 Å². The second-order valence-electron chi connectivity index (χ2n) is 7.63. The van der Waals surface area contributed by atoms with E-state index in [1.807, 2.05) is 49.4 Å². The van der Waals surface area contributed by atoms with Crippen molar-refractivity contribution in [3.05, 3.63) is 71.2 Å². The van der Waals surface area contributed by atoms with E-state index in [4.69, 9.17) is 11.6 Å². The van der Waals surface area contributed by atoms with E-state index in [0.29, 0.717) is 24.4 Å². The van der Waals surface area contributed by atoms with Crippen LogP contribution in [0.25, 0.3) is 10.8 Å². The summed E-state index contributed by atoms with van der Waals surface area (Å²) in [6, 6.07) is 18.3. The monoisotopic (exact) mass is 442 g/mol. The van der Waals surface area contributed by atoms with Gasteiger partial charge >= 0.3 is 0 Å². The molecule has 3 aromatic rings. The molecule has 5 nitrogen and oxygen atoms in total. The summed E-state index contributed by atoms with van der Waals surface area (Å²) in [6.45, 7) is 2.38. The molecule has 30 heavy (non-hydrogen) atoms. The second-order valence-corrected chi connectivity index (χ2v) is 9.97. The number of hydrogen-bond acceptors (Lipinski definition) is 3. The number of carbonyl (C=O) groups is 1. The van der Waals surface area contributed by atoms with E-state index in [9.17, 15) is 13.2 Å². The first-order valence-electron chi connectivity index (χ1n) is 9.91. The minimum absolute atomic E-state index is 0.157. The Morgan fingerprint density at radius 3 is 2.67 bits per heavy atom. The summed E-state index contributed by atoms with van der Waals surface area (Å²) in [5, 5.41) is 5.42. The Kier molecular flexibility index (Phi) is 5.82. The quantitative estimate of drug-likeness (QED) is 0.628. The summed E-state index contributed by atoms with van der Waals surface area (Å²) in [7, 11) is -3.71. The highest BCUT2D eigenvalue weighted by Crippen LogP contribution is 2.28. The molecule has 0 saturated carbocycles. The maximum atomic E-state index is 13.1. The standard InChI is InChI=1S/C23H23ClN2O3S/c1-16-11-12-19(14-21(16)24)30(28,29)26-13-5-8-18(15-26)23(27)25-22-10-4-7-17-6-2-3-9-20(17)22/h2-4,6-7,9-12,14,18H,5,8,13,15H2,1H3,(H,25,27). The van der Waals surface area contributed by atoms with Crippen molar-refractivity contribution >= 4 is 44.0 Å². The van der Waals surface area contributed by atoms with Crippen LogP contribution < -0.4 is 5.32 Å². The third-order valence-electron chi connectivity index (χ3n) is 5.58. The van der Waals surface area contributed by atoms with Crippen molar-refractivity contribution in [2.75, 3.05) is 18.4 Å². The lowest BCUT2D eigenvalue weighted by Gasteiger charge is -2.31. The Morgan fingerprint density at radius 1 is 1.10 bits per heavy atom. The van der Waals surface area contributed by atoms with Gasteiger partial charge in [0.25, 0.3) is 0 Å². The minimum atomic E-state index is -3.71. The summed E-state index contributed by atoms with van der Waals surface area (Å²) in [6.07, 6.45) is 1.28. The fourth-order valence-electron chi connectivity index (χ4n) is 3.83. The molecule has 0 bridgehead atoms. The normalized spacial score (nSPS) is 17.7. The average Bonchev–Trinajstić information content (AvgIpc) is 2.76. The number of anilines is 1. The highest BCUT2D eigenvalue weighted by molar-refractivity contribution is 7.89. The first-order chi connectivity index (χ1) is 14.4. The van der Waals surface area contributed by atoms with Gasteiger partial charge in [-0.25, -0.2) is 8.42 Å². The van der Waals surface area contributed by atoms with E-state index in [1.54, 1.807) is 12.1 Å². The van der Waals surface area contributed by atoms with E-state index in [2.05, 4.69) is 5.32 Å². The van der Waals surface area contributed by atoms with E-state index in [1.165, 1.54) is 10.4 Å². The predicted molar refractivity (Wildman–Crippen MR) is 120 cm³/mol. The van der Waals surface area contributed by atoms with Gasteiger partial charge in [-0.15, -0.1) is 0 Å². The van der Waals surface area contributed by atoms with Crippen LogP contribution >= 0.6 is 11.6 Å². The number of nitrogens with one attached hydrogen (secondary N) is 1. The highest BCUT2D eigenvalue weighted by Gasteiger charge is 2.33. The predicted octanol–water partition coefficient (Wildman–Crippen LogP) is 4.84. The van der Waals surface area contributed by atoms with Gasteiger partial charge in [0.15, 0.2) is 0 Å². The van der Waals surface area contributed by atoms with E-state index in [0.717, 1.165) is 22.0 Å². The molecule has 0 aromatic heterocycles. The number of amides is 1. The van der Waals surface area contributed by atoms with Gasteiger partial charge in [-0.3, -0.25) is 4.79 Å². The molecule has 1 fully saturated rings. The molecule has 4 rings (SSSR count). The SMILES string of the molecule is Cc1ccc(S(=O)(=O)N2CCCC(C(=O)Nc3cccc4ccccc34)C2)cc1Cl. The number of nitrogens with zero attached hydrogens (tertiary/aromatic N) is 1. The number of aryl methyl sites for hydroxylation is 1. The van der Waals surface area contributed by atoms with Crippen LogP contribution in [0.2, 0.25) is 5.02 Å². The molecule has 1 amide bonds. The number of rotatable bonds is 4. The molecule has 1 N–H and O–H groups in total. The van der Waals surface area contributed by atoms with Gasteiger partial charge in [0.05, 0.1) is 10.8 Å². The zero-order chi connectivity index (χ0) is 21.3. The van der Waals surface area contributed by atoms with Crippen LogP contribution in [0.4, 0.5) is 5.69 Å². The summed E-state index contributed by atoms with van der Waals surface area (Å²) >= 11 is 6.13. The first-order valence-corrected chi connectivity index (χ1v) is 11.7. The highest BCUT2D eigenvalue weighted by atomic mass is 35.5. The molecule has 1 atom stereocenters. The maximum absolute atomic E-state index is 13.1. The van der Waals surface area contributed by atoms with Crippen molar-refractivity contribution in [2.24, 2.45) is 5.92 Å². The second kappa shape index (κ2) is 8.38. The van der Waals surface area contributed by atoms with Crippen LogP contribution in [0.15, 0.2) is 65.6 Å².